The highest BCUT2D eigenvalue weighted by Gasteiger charge is 2.31. The molecule has 4 rings (SSSR count). The number of carboxylic acid groups (broad SMARTS) is 1. The monoisotopic (exact) mass is 583 g/mol. The van der Waals surface area contributed by atoms with Crippen molar-refractivity contribution in [3.8, 4) is 28.1 Å². The summed E-state index contributed by atoms with van der Waals surface area (Å²) < 4.78 is 7.15. The van der Waals surface area contributed by atoms with Crippen molar-refractivity contribution in [1.29, 1.82) is 0 Å². The first-order valence-electron chi connectivity index (χ1n) is 14.2. The molecule has 0 aliphatic heterocycles. The Bertz CT molecular complexity index is 1510. The van der Waals surface area contributed by atoms with Gasteiger partial charge in [-0.25, -0.2) is 0 Å². The number of amides is 1. The summed E-state index contributed by atoms with van der Waals surface area (Å²) in [5.74, 6) is -1.09. The van der Waals surface area contributed by atoms with Crippen LogP contribution in [0.15, 0.2) is 84.9 Å². The lowest BCUT2D eigenvalue weighted by molar-refractivity contribution is -0.139. The molecule has 0 fully saturated rings. The summed E-state index contributed by atoms with van der Waals surface area (Å²) in [7, 11) is 0.607. The number of hydrogen-bond acceptors (Lipinski definition) is 6. The largest absolute Gasteiger partial charge is 0.569 e. The molecule has 0 aliphatic rings. The minimum absolute atomic E-state index is 0.0868. The molecule has 3 aromatic carbocycles. The number of aliphatic hydroxyl groups is 2. The van der Waals surface area contributed by atoms with Gasteiger partial charge in [0.1, 0.15) is 5.75 Å². The van der Waals surface area contributed by atoms with Crippen LogP contribution >= 0.6 is 0 Å². The molecule has 0 spiro atoms. The predicted octanol–water partition coefficient (Wildman–Crippen LogP) is 5.08. The van der Waals surface area contributed by atoms with Crippen LogP contribution in [0, 0.1) is 0 Å². The second kappa shape index (κ2) is 14.7. The Morgan fingerprint density at radius 3 is 2.09 bits per heavy atom. The van der Waals surface area contributed by atoms with Crippen LogP contribution in [0.5, 0.6) is 5.75 Å². The summed E-state index contributed by atoms with van der Waals surface area (Å²) >= 11 is 0. The molecule has 1 radical (unpaired) electrons. The average Bonchev–Trinajstić information content (AvgIpc) is 3.33. The molecule has 4 aromatic rings. The van der Waals surface area contributed by atoms with Gasteiger partial charge in [0.05, 0.1) is 29.9 Å². The molecule has 0 saturated carbocycles. The average molecular weight is 583 g/mol. The van der Waals surface area contributed by atoms with Gasteiger partial charge >= 0.3 is 13.7 Å². The van der Waals surface area contributed by atoms with Crippen molar-refractivity contribution in [2.75, 3.05) is 5.32 Å². The fourth-order valence-electron chi connectivity index (χ4n) is 5.35. The van der Waals surface area contributed by atoms with Crippen LogP contribution < -0.4 is 9.97 Å². The maximum Gasteiger partial charge on any atom is 0.569 e. The molecule has 0 bridgehead atoms. The molecule has 0 aliphatic carbocycles. The van der Waals surface area contributed by atoms with Crippen LogP contribution in [0.25, 0.3) is 22.4 Å². The maximum absolute atomic E-state index is 14.1. The normalized spacial score (nSPS) is 12.5. The lowest BCUT2D eigenvalue weighted by Gasteiger charge is -2.20. The van der Waals surface area contributed by atoms with Crippen LogP contribution in [0.1, 0.15) is 55.1 Å². The Kier molecular flexibility index (Phi) is 10.8. The zero-order chi connectivity index (χ0) is 30.9. The van der Waals surface area contributed by atoms with Crippen molar-refractivity contribution in [3.63, 3.8) is 0 Å². The van der Waals surface area contributed by atoms with Crippen molar-refractivity contribution >= 4 is 25.2 Å². The Morgan fingerprint density at radius 1 is 0.884 bits per heavy atom. The third-order valence-electron chi connectivity index (χ3n) is 7.13. The van der Waals surface area contributed by atoms with Gasteiger partial charge in [0.2, 0.25) is 0 Å². The summed E-state index contributed by atoms with van der Waals surface area (Å²) in [5, 5.41) is 42.0. The highest BCUT2D eigenvalue weighted by molar-refractivity contribution is 6.17. The van der Waals surface area contributed by atoms with E-state index in [1.54, 1.807) is 12.1 Å². The number of aromatic nitrogens is 1. The van der Waals surface area contributed by atoms with E-state index in [9.17, 15) is 19.8 Å². The van der Waals surface area contributed by atoms with E-state index in [1.165, 1.54) is 0 Å². The topological polar surface area (TPSA) is 141 Å². The smallest absolute Gasteiger partial charge is 0.537 e. The van der Waals surface area contributed by atoms with Gasteiger partial charge < -0.3 is 34.9 Å². The second-order valence-corrected chi connectivity index (χ2v) is 10.7. The molecular weight excluding hydrogens is 547 g/mol. The summed E-state index contributed by atoms with van der Waals surface area (Å²) in [6, 6.07) is 25.9. The number of carboxylic acids is 1. The highest BCUT2D eigenvalue weighted by atomic mass is 16.5. The number of aliphatic hydroxyl groups excluding tert-OH is 2. The van der Waals surface area contributed by atoms with Gasteiger partial charge in [-0.2, -0.15) is 0 Å². The minimum atomic E-state index is -1.18. The Hall–Kier alpha value is -4.38. The number of nitrogens with zero attached hydrogens (tertiary/aromatic N) is 1. The maximum atomic E-state index is 14.1. The van der Waals surface area contributed by atoms with E-state index in [0.717, 1.165) is 28.1 Å². The van der Waals surface area contributed by atoms with Gasteiger partial charge in [-0.3, -0.25) is 9.59 Å². The van der Waals surface area contributed by atoms with Gasteiger partial charge in [0, 0.05) is 23.5 Å². The minimum Gasteiger partial charge on any atom is -0.537 e. The van der Waals surface area contributed by atoms with Gasteiger partial charge in [-0.05, 0) is 66.3 Å². The lowest BCUT2D eigenvalue weighted by Crippen LogP contribution is -2.22. The molecule has 43 heavy (non-hydrogen) atoms. The van der Waals surface area contributed by atoms with Crippen molar-refractivity contribution in [3.05, 3.63) is 96.2 Å². The number of benzene rings is 3. The molecule has 5 N–H and O–H groups in total. The Labute approximate surface area is 251 Å². The van der Waals surface area contributed by atoms with E-state index in [0.29, 0.717) is 31.2 Å². The van der Waals surface area contributed by atoms with Gasteiger partial charge in [-0.1, -0.05) is 62.4 Å². The molecule has 0 unspecified atom stereocenters. The number of anilines is 1. The third-order valence-corrected chi connectivity index (χ3v) is 7.13. The van der Waals surface area contributed by atoms with Crippen molar-refractivity contribution in [2.24, 2.45) is 0 Å². The van der Waals surface area contributed by atoms with Gasteiger partial charge in [0.15, 0.2) is 0 Å². The fourth-order valence-corrected chi connectivity index (χ4v) is 5.35. The van der Waals surface area contributed by atoms with Gasteiger partial charge in [-0.15, -0.1) is 0 Å². The van der Waals surface area contributed by atoms with Crippen LogP contribution in [0.3, 0.4) is 0 Å². The summed E-state index contributed by atoms with van der Waals surface area (Å²) in [5.41, 5.74) is 5.02. The standard InChI is InChI=1S/C33H36BN2O7/c1-21(2)31-30(33(41)35-24-11-7-4-8-12-24)29(22-9-5-3-6-10-22)32(23-13-15-27(16-14-23)43-34-42)36(31)18-17-25(37)19-26(38)20-28(39)40/h3-16,21,25-26,37-38,42H,17-20H2,1-2H3,(H,35,41)(H,39,40)/t25-,26-/m1/s1. The van der Waals surface area contributed by atoms with E-state index in [-0.39, 0.29) is 24.7 Å². The van der Waals surface area contributed by atoms with E-state index in [1.807, 2.05) is 91.2 Å². The molecule has 0 saturated heterocycles. The van der Waals surface area contributed by atoms with E-state index in [2.05, 4.69) is 5.32 Å². The molecule has 1 heterocycles. The zero-order valence-corrected chi connectivity index (χ0v) is 24.2. The van der Waals surface area contributed by atoms with Crippen LogP contribution in [-0.4, -0.2) is 56.7 Å². The van der Waals surface area contributed by atoms with Crippen LogP contribution in [-0.2, 0) is 11.3 Å². The Balaban J connectivity index is 1.90. The fraction of sp³-hybridized carbons (Fsp3) is 0.273. The second-order valence-electron chi connectivity index (χ2n) is 10.7. The van der Waals surface area contributed by atoms with Crippen LogP contribution in [0.2, 0.25) is 0 Å². The zero-order valence-electron chi connectivity index (χ0n) is 24.2. The van der Waals surface area contributed by atoms with Crippen molar-refractivity contribution in [1.82, 2.24) is 4.57 Å². The molecule has 1 amide bonds. The molecule has 9 nitrogen and oxygen atoms in total. The number of nitrogens with one attached hydrogen (secondary N) is 1. The van der Waals surface area contributed by atoms with Gasteiger partial charge in [0.25, 0.3) is 5.91 Å². The first-order chi connectivity index (χ1) is 20.7. The van der Waals surface area contributed by atoms with Crippen molar-refractivity contribution in [2.45, 2.75) is 57.8 Å². The third kappa shape index (κ3) is 7.92. The summed E-state index contributed by atoms with van der Waals surface area (Å²) in [6.07, 6.45) is -2.47. The lowest BCUT2D eigenvalue weighted by atomic mass is 9.94. The number of carbonyl (C=O) groups is 2. The van der Waals surface area contributed by atoms with E-state index >= 15 is 0 Å². The van der Waals surface area contributed by atoms with E-state index in [4.69, 9.17) is 14.8 Å². The number of aliphatic carboxylic acids is 1. The van der Waals surface area contributed by atoms with Crippen molar-refractivity contribution < 1.29 is 34.6 Å². The highest BCUT2D eigenvalue weighted by Crippen LogP contribution is 2.43. The Morgan fingerprint density at radius 2 is 1.51 bits per heavy atom. The van der Waals surface area contributed by atoms with Crippen LogP contribution in [0.4, 0.5) is 5.69 Å². The summed E-state index contributed by atoms with van der Waals surface area (Å²) in [6.45, 7) is 4.31. The first-order valence-corrected chi connectivity index (χ1v) is 14.2. The number of carbonyl (C=O) groups excluding carboxylic acids is 1. The quantitative estimate of drug-likeness (QED) is 0.130. The number of para-hydroxylation sites is 1. The molecule has 1 aromatic heterocycles. The number of hydrogen-bond donors (Lipinski definition) is 5. The van der Waals surface area contributed by atoms with E-state index < -0.39 is 24.6 Å². The first kappa shape index (κ1) is 31.6. The molecule has 2 atom stereocenters. The molecule has 223 valence electrons. The predicted molar refractivity (Wildman–Crippen MR) is 166 cm³/mol. The number of rotatable bonds is 14. The molecule has 10 heteroatoms. The summed E-state index contributed by atoms with van der Waals surface area (Å²) in [4.78, 5) is 25.2. The molecular formula is C33H36BN2O7. The SMILES string of the molecule is CC(C)c1c(C(=O)Nc2ccccc2)c(-c2ccccc2)c(-c2ccc(O[B]O)cc2)n1CC[C@@H](O)C[C@@H](O)CC(=O)O.